The maximum atomic E-state index is 10.4. The maximum absolute atomic E-state index is 10.4. The molecule has 0 radical (unpaired) electrons. The number of rotatable bonds is 1. The molecule has 0 aliphatic carbocycles. The van der Waals surface area contributed by atoms with Crippen molar-refractivity contribution in [3.63, 3.8) is 0 Å². The molecule has 1 rings (SSSR count). The van der Waals surface area contributed by atoms with E-state index in [1.807, 2.05) is 0 Å². The molecule has 0 bridgehead atoms. The molecular weight excluding hydrogens is 162 g/mol. The van der Waals surface area contributed by atoms with Crippen LogP contribution in [-0.4, -0.2) is 40.3 Å². The molecule has 5 nitrogen and oxygen atoms in total. The summed E-state index contributed by atoms with van der Waals surface area (Å²) in [6.45, 7) is 0.449. The van der Waals surface area contributed by atoms with Crippen LogP contribution in [0.2, 0.25) is 0 Å². The zero-order valence-electron chi connectivity index (χ0n) is 6.36. The van der Waals surface area contributed by atoms with Crippen LogP contribution in [0.15, 0.2) is 11.6 Å². The third-order valence-electron chi connectivity index (χ3n) is 1.75. The Morgan fingerprint density at radius 2 is 2.08 bits per heavy atom. The molecule has 0 saturated heterocycles. The van der Waals surface area contributed by atoms with E-state index < -0.39 is 12.1 Å². The van der Waals surface area contributed by atoms with Gasteiger partial charge in [0, 0.05) is 18.7 Å². The van der Waals surface area contributed by atoms with Gasteiger partial charge in [-0.25, -0.2) is 9.59 Å². The molecule has 0 atom stereocenters. The van der Waals surface area contributed by atoms with Crippen LogP contribution in [-0.2, 0) is 4.79 Å². The average Bonchev–Trinajstić information content (AvgIpc) is 2.04. The Morgan fingerprint density at radius 1 is 1.42 bits per heavy atom. The number of hydrogen-bond donors (Lipinski definition) is 2. The second-order valence-electron chi connectivity index (χ2n) is 2.51. The molecule has 0 aromatic carbocycles. The Morgan fingerprint density at radius 3 is 2.42 bits per heavy atom. The van der Waals surface area contributed by atoms with Crippen LogP contribution in [0.5, 0.6) is 0 Å². The highest BCUT2D eigenvalue weighted by Gasteiger charge is 2.18. The van der Waals surface area contributed by atoms with Crippen molar-refractivity contribution in [2.75, 3.05) is 13.1 Å². The third-order valence-corrected chi connectivity index (χ3v) is 1.75. The van der Waals surface area contributed by atoms with E-state index in [2.05, 4.69) is 0 Å². The molecule has 12 heavy (non-hydrogen) atoms. The number of carboxylic acids is 1. The summed E-state index contributed by atoms with van der Waals surface area (Å²) in [6, 6.07) is 0. The van der Waals surface area contributed by atoms with E-state index >= 15 is 0 Å². The first-order valence-electron chi connectivity index (χ1n) is 3.51. The summed E-state index contributed by atoms with van der Waals surface area (Å²) < 4.78 is 0. The van der Waals surface area contributed by atoms with Crippen molar-refractivity contribution < 1.29 is 19.8 Å². The van der Waals surface area contributed by atoms with E-state index in [1.54, 1.807) is 0 Å². The molecule has 0 aromatic heterocycles. The minimum absolute atomic E-state index is 0.178. The predicted molar refractivity (Wildman–Crippen MR) is 39.9 cm³/mol. The Balaban J connectivity index is 2.59. The number of hydrogen-bond acceptors (Lipinski definition) is 2. The average molecular weight is 171 g/mol. The maximum Gasteiger partial charge on any atom is 0.407 e. The quantitative estimate of drug-likeness (QED) is 0.597. The lowest BCUT2D eigenvalue weighted by molar-refractivity contribution is -0.133. The van der Waals surface area contributed by atoms with Crippen molar-refractivity contribution in [3.8, 4) is 0 Å². The highest BCUT2D eigenvalue weighted by molar-refractivity contribution is 5.87. The monoisotopic (exact) mass is 171 g/mol. The number of aliphatic carboxylic acids is 1. The second-order valence-corrected chi connectivity index (χ2v) is 2.51. The van der Waals surface area contributed by atoms with E-state index in [0.29, 0.717) is 12.0 Å². The van der Waals surface area contributed by atoms with Crippen molar-refractivity contribution in [2.24, 2.45) is 0 Å². The molecule has 0 unspecified atom stereocenters. The van der Waals surface area contributed by atoms with Gasteiger partial charge in [0.1, 0.15) is 0 Å². The predicted octanol–water partition coefficient (Wildman–Crippen LogP) is 0.381. The molecule has 1 amide bonds. The van der Waals surface area contributed by atoms with Crippen LogP contribution < -0.4 is 0 Å². The molecule has 0 fully saturated rings. The standard InChI is InChI=1S/C7H9NO4/c9-6(10)5-1-3-8(4-2-5)7(11)12/h1H,2-4H2,(H,9,10)(H,11,12). The van der Waals surface area contributed by atoms with Gasteiger partial charge < -0.3 is 15.1 Å². The van der Waals surface area contributed by atoms with Gasteiger partial charge in [0.05, 0.1) is 0 Å². The summed E-state index contributed by atoms with van der Waals surface area (Å²) in [5.41, 5.74) is 0.299. The lowest BCUT2D eigenvalue weighted by Crippen LogP contribution is -2.34. The summed E-state index contributed by atoms with van der Waals surface area (Å²) in [7, 11) is 0. The van der Waals surface area contributed by atoms with Crippen LogP contribution in [0.1, 0.15) is 6.42 Å². The third kappa shape index (κ3) is 1.75. The van der Waals surface area contributed by atoms with Crippen LogP contribution >= 0.6 is 0 Å². The van der Waals surface area contributed by atoms with Crippen LogP contribution in [0, 0.1) is 0 Å². The minimum Gasteiger partial charge on any atom is -0.478 e. The highest BCUT2D eigenvalue weighted by Crippen LogP contribution is 2.10. The molecule has 0 aromatic rings. The lowest BCUT2D eigenvalue weighted by Gasteiger charge is -2.21. The largest absolute Gasteiger partial charge is 0.478 e. The summed E-state index contributed by atoms with van der Waals surface area (Å²) in [5.74, 6) is -0.958. The fourth-order valence-electron chi connectivity index (χ4n) is 1.04. The fourth-order valence-corrected chi connectivity index (χ4v) is 1.04. The summed E-state index contributed by atoms with van der Waals surface area (Å²) in [4.78, 5) is 21.9. The molecule has 2 N–H and O–H groups in total. The molecule has 66 valence electrons. The Bertz CT molecular complexity index is 246. The van der Waals surface area contributed by atoms with Crippen LogP contribution in [0.3, 0.4) is 0 Å². The summed E-state index contributed by atoms with van der Waals surface area (Å²) in [5, 5.41) is 17.0. The number of nitrogens with zero attached hydrogens (tertiary/aromatic N) is 1. The van der Waals surface area contributed by atoms with Crippen molar-refractivity contribution in [2.45, 2.75) is 6.42 Å². The van der Waals surface area contributed by atoms with E-state index in [4.69, 9.17) is 10.2 Å². The molecule has 0 saturated carbocycles. The summed E-state index contributed by atoms with van der Waals surface area (Å²) in [6.07, 6.45) is 0.720. The van der Waals surface area contributed by atoms with Gasteiger partial charge in [-0.05, 0) is 6.42 Å². The zero-order valence-corrected chi connectivity index (χ0v) is 6.36. The van der Waals surface area contributed by atoms with Gasteiger partial charge in [-0.3, -0.25) is 0 Å². The highest BCUT2D eigenvalue weighted by atomic mass is 16.4. The topological polar surface area (TPSA) is 77.8 Å². The molecule has 1 aliphatic rings. The number of carboxylic acid groups (broad SMARTS) is 2. The van der Waals surface area contributed by atoms with E-state index in [-0.39, 0.29) is 13.1 Å². The van der Waals surface area contributed by atoms with Gasteiger partial charge in [-0.1, -0.05) is 6.08 Å². The van der Waals surface area contributed by atoms with Gasteiger partial charge in [0.2, 0.25) is 0 Å². The smallest absolute Gasteiger partial charge is 0.407 e. The SMILES string of the molecule is O=C(O)C1=CCN(C(=O)O)CC1. The number of carbonyl (C=O) groups is 2. The van der Waals surface area contributed by atoms with Gasteiger partial charge >= 0.3 is 12.1 Å². The second kappa shape index (κ2) is 3.25. The molecule has 1 aliphatic heterocycles. The van der Waals surface area contributed by atoms with Crippen LogP contribution in [0.25, 0.3) is 0 Å². The van der Waals surface area contributed by atoms with E-state index in [9.17, 15) is 9.59 Å². The van der Waals surface area contributed by atoms with Crippen molar-refractivity contribution in [3.05, 3.63) is 11.6 Å². The van der Waals surface area contributed by atoms with Crippen molar-refractivity contribution in [1.29, 1.82) is 0 Å². The van der Waals surface area contributed by atoms with Crippen molar-refractivity contribution >= 4 is 12.1 Å². The van der Waals surface area contributed by atoms with Gasteiger partial charge in [0.15, 0.2) is 0 Å². The molecule has 5 heteroatoms. The Hall–Kier alpha value is -1.52. The number of amides is 1. The Labute approximate surface area is 68.9 Å². The van der Waals surface area contributed by atoms with Crippen molar-refractivity contribution in [1.82, 2.24) is 4.90 Å². The lowest BCUT2D eigenvalue weighted by atomic mass is 10.1. The first-order chi connectivity index (χ1) is 5.61. The Kier molecular flexibility index (Phi) is 2.32. The fraction of sp³-hybridized carbons (Fsp3) is 0.429. The van der Waals surface area contributed by atoms with Gasteiger partial charge in [-0.2, -0.15) is 0 Å². The minimum atomic E-state index is -1.00. The summed E-state index contributed by atoms with van der Waals surface area (Å²) >= 11 is 0. The molecular formula is C7H9NO4. The van der Waals surface area contributed by atoms with Gasteiger partial charge in [-0.15, -0.1) is 0 Å². The van der Waals surface area contributed by atoms with Crippen LogP contribution in [0.4, 0.5) is 4.79 Å². The van der Waals surface area contributed by atoms with Gasteiger partial charge in [0.25, 0.3) is 0 Å². The van der Waals surface area contributed by atoms with E-state index in [1.165, 1.54) is 11.0 Å². The molecule has 1 heterocycles. The first kappa shape index (κ1) is 8.58. The molecule has 0 spiro atoms. The zero-order chi connectivity index (χ0) is 9.14. The normalized spacial score (nSPS) is 17.0. The first-order valence-corrected chi connectivity index (χ1v) is 3.51. The van der Waals surface area contributed by atoms with E-state index in [0.717, 1.165) is 0 Å².